The summed E-state index contributed by atoms with van der Waals surface area (Å²) >= 11 is 3.64. The number of rotatable bonds is 6. The van der Waals surface area contributed by atoms with Crippen LogP contribution in [0, 0.1) is 5.92 Å². The monoisotopic (exact) mass is 338 g/mol. The van der Waals surface area contributed by atoms with Crippen molar-refractivity contribution < 1.29 is 0 Å². The zero-order valence-corrected chi connectivity index (χ0v) is 14.5. The summed E-state index contributed by atoms with van der Waals surface area (Å²) in [5.74, 6) is 0.716. The summed E-state index contributed by atoms with van der Waals surface area (Å²) in [5, 5.41) is 3.54. The molecule has 112 valence electrons. The Kier molecular flexibility index (Phi) is 5.91. The number of nitrogens with zero attached hydrogens (tertiary/aromatic N) is 1. The van der Waals surface area contributed by atoms with Crippen LogP contribution in [-0.2, 0) is 6.54 Å². The third kappa shape index (κ3) is 3.76. The van der Waals surface area contributed by atoms with Crippen molar-refractivity contribution in [1.29, 1.82) is 0 Å². The normalized spacial score (nSPS) is 19.1. The van der Waals surface area contributed by atoms with Gasteiger partial charge in [-0.1, -0.05) is 42.8 Å². The van der Waals surface area contributed by atoms with Gasteiger partial charge in [-0.05, 0) is 49.4 Å². The van der Waals surface area contributed by atoms with Crippen molar-refractivity contribution in [2.75, 3.05) is 18.0 Å². The molecule has 1 fully saturated rings. The first-order valence-corrected chi connectivity index (χ1v) is 8.68. The van der Waals surface area contributed by atoms with Gasteiger partial charge in [0.1, 0.15) is 0 Å². The molecule has 1 N–H and O–H groups in total. The molecule has 0 radical (unpaired) electrons. The number of halogens is 1. The van der Waals surface area contributed by atoms with Gasteiger partial charge >= 0.3 is 0 Å². The molecule has 1 aromatic rings. The number of nitrogens with one attached hydrogen (secondary N) is 1. The van der Waals surface area contributed by atoms with Crippen LogP contribution in [-0.4, -0.2) is 19.1 Å². The maximum Gasteiger partial charge on any atom is 0.0425 e. The average molecular weight is 339 g/mol. The zero-order chi connectivity index (χ0) is 14.5. The third-order valence-electron chi connectivity index (χ3n) is 4.17. The van der Waals surface area contributed by atoms with Gasteiger partial charge in [0.25, 0.3) is 0 Å². The molecule has 0 aromatic heterocycles. The van der Waals surface area contributed by atoms with E-state index in [-0.39, 0.29) is 0 Å². The lowest BCUT2D eigenvalue weighted by atomic mass is 10.0. The summed E-state index contributed by atoms with van der Waals surface area (Å²) in [4.78, 5) is 2.62. The van der Waals surface area contributed by atoms with Crippen molar-refractivity contribution in [3.63, 3.8) is 0 Å². The first-order valence-electron chi connectivity index (χ1n) is 7.89. The number of hydrogen-bond donors (Lipinski definition) is 1. The molecule has 1 aromatic carbocycles. The quantitative estimate of drug-likeness (QED) is 0.764. The first kappa shape index (κ1) is 15.8. The van der Waals surface area contributed by atoms with Crippen molar-refractivity contribution in [2.24, 2.45) is 5.92 Å². The maximum absolute atomic E-state index is 3.64. The van der Waals surface area contributed by atoms with E-state index in [2.05, 4.69) is 65.1 Å². The lowest BCUT2D eigenvalue weighted by Gasteiger charge is -2.31. The molecule has 0 amide bonds. The topological polar surface area (TPSA) is 15.3 Å². The fourth-order valence-electron chi connectivity index (χ4n) is 3.14. The third-order valence-corrected chi connectivity index (χ3v) is 4.66. The van der Waals surface area contributed by atoms with Crippen LogP contribution in [0.15, 0.2) is 22.7 Å². The summed E-state index contributed by atoms with van der Waals surface area (Å²) in [5.41, 5.74) is 2.84. The molecular weight excluding hydrogens is 312 g/mol. The van der Waals surface area contributed by atoms with Crippen molar-refractivity contribution in [2.45, 2.75) is 52.6 Å². The molecule has 2 rings (SSSR count). The van der Waals surface area contributed by atoms with Crippen LogP contribution in [0.5, 0.6) is 0 Å². The number of benzene rings is 1. The fraction of sp³-hybridized carbons (Fsp3) is 0.647. The molecule has 1 saturated heterocycles. The van der Waals surface area contributed by atoms with Gasteiger partial charge in [-0.25, -0.2) is 0 Å². The van der Waals surface area contributed by atoms with Gasteiger partial charge in [-0.15, -0.1) is 0 Å². The summed E-state index contributed by atoms with van der Waals surface area (Å²) in [6.07, 6.45) is 3.83. The Labute approximate surface area is 132 Å². The molecular formula is C17H27BrN2. The van der Waals surface area contributed by atoms with Crippen molar-refractivity contribution in [1.82, 2.24) is 5.32 Å². The number of hydrogen-bond acceptors (Lipinski definition) is 2. The van der Waals surface area contributed by atoms with Gasteiger partial charge in [-0.3, -0.25) is 0 Å². The van der Waals surface area contributed by atoms with Crippen molar-refractivity contribution in [3.05, 3.63) is 28.2 Å². The van der Waals surface area contributed by atoms with Gasteiger partial charge in [-0.2, -0.15) is 0 Å². The highest BCUT2D eigenvalue weighted by molar-refractivity contribution is 9.10. The van der Waals surface area contributed by atoms with Crippen molar-refractivity contribution in [3.8, 4) is 0 Å². The Morgan fingerprint density at radius 2 is 2.20 bits per heavy atom. The summed E-state index contributed by atoms with van der Waals surface area (Å²) < 4.78 is 1.18. The minimum Gasteiger partial charge on any atom is -0.368 e. The molecule has 1 aliphatic rings. The van der Waals surface area contributed by atoms with E-state index in [1.807, 2.05) is 0 Å². The van der Waals surface area contributed by atoms with Gasteiger partial charge in [0.05, 0.1) is 0 Å². The molecule has 1 heterocycles. The van der Waals surface area contributed by atoms with Crippen LogP contribution < -0.4 is 10.2 Å². The van der Waals surface area contributed by atoms with E-state index in [1.165, 1.54) is 41.5 Å². The average Bonchev–Trinajstić information content (AvgIpc) is 2.90. The Hall–Kier alpha value is -0.540. The first-order chi connectivity index (χ1) is 9.63. The molecule has 1 unspecified atom stereocenters. The van der Waals surface area contributed by atoms with Crippen LogP contribution in [0.2, 0.25) is 0 Å². The Balaban J connectivity index is 2.22. The minimum absolute atomic E-state index is 0.689. The molecule has 3 heteroatoms. The number of anilines is 1. The maximum atomic E-state index is 3.64. The molecule has 1 atom stereocenters. The van der Waals surface area contributed by atoms with Crippen LogP contribution in [0.25, 0.3) is 0 Å². The van der Waals surface area contributed by atoms with Crippen LogP contribution in [0.1, 0.15) is 45.6 Å². The largest absolute Gasteiger partial charge is 0.368 e. The second-order valence-electron chi connectivity index (χ2n) is 6.10. The molecule has 0 aliphatic carbocycles. The minimum atomic E-state index is 0.689. The van der Waals surface area contributed by atoms with Crippen LogP contribution in [0.4, 0.5) is 5.69 Å². The highest BCUT2D eigenvalue weighted by Gasteiger charge is 2.28. The fourth-order valence-corrected chi connectivity index (χ4v) is 3.49. The molecule has 0 saturated carbocycles. The summed E-state index contributed by atoms with van der Waals surface area (Å²) in [6.45, 7) is 10.2. The second-order valence-corrected chi connectivity index (χ2v) is 7.01. The SMILES string of the molecule is CCCNCc1ccc(Br)cc1N1CCCC1C(C)C. The predicted molar refractivity (Wildman–Crippen MR) is 91.3 cm³/mol. The highest BCUT2D eigenvalue weighted by Crippen LogP contribution is 2.33. The van der Waals surface area contributed by atoms with Crippen LogP contribution >= 0.6 is 15.9 Å². The van der Waals surface area contributed by atoms with Gasteiger partial charge in [0.15, 0.2) is 0 Å². The van der Waals surface area contributed by atoms with Crippen molar-refractivity contribution >= 4 is 21.6 Å². The lowest BCUT2D eigenvalue weighted by Crippen LogP contribution is -2.34. The Bertz CT molecular complexity index is 431. The van der Waals surface area contributed by atoms with Gasteiger partial charge in [0, 0.05) is 29.3 Å². The van der Waals surface area contributed by atoms with Gasteiger partial charge in [0.2, 0.25) is 0 Å². The summed E-state index contributed by atoms with van der Waals surface area (Å²) in [6, 6.07) is 7.41. The zero-order valence-electron chi connectivity index (χ0n) is 13.0. The molecule has 20 heavy (non-hydrogen) atoms. The van der Waals surface area contributed by atoms with Gasteiger partial charge < -0.3 is 10.2 Å². The Morgan fingerprint density at radius 1 is 1.40 bits per heavy atom. The van der Waals surface area contributed by atoms with E-state index in [0.717, 1.165) is 13.1 Å². The predicted octanol–water partition coefficient (Wildman–Crippen LogP) is 4.57. The smallest absolute Gasteiger partial charge is 0.0425 e. The lowest BCUT2D eigenvalue weighted by molar-refractivity contribution is 0.490. The van der Waals surface area contributed by atoms with E-state index < -0.39 is 0 Å². The Morgan fingerprint density at radius 3 is 2.90 bits per heavy atom. The molecule has 1 aliphatic heterocycles. The van der Waals surface area contributed by atoms with E-state index in [0.29, 0.717) is 12.0 Å². The molecule has 2 nitrogen and oxygen atoms in total. The second kappa shape index (κ2) is 7.46. The summed E-state index contributed by atoms with van der Waals surface area (Å²) in [7, 11) is 0. The molecule has 0 bridgehead atoms. The van der Waals surface area contributed by atoms with E-state index in [4.69, 9.17) is 0 Å². The molecule has 0 spiro atoms. The van der Waals surface area contributed by atoms with Crippen LogP contribution in [0.3, 0.4) is 0 Å². The van der Waals surface area contributed by atoms with E-state index in [9.17, 15) is 0 Å². The van der Waals surface area contributed by atoms with E-state index in [1.54, 1.807) is 0 Å². The highest BCUT2D eigenvalue weighted by atomic mass is 79.9. The van der Waals surface area contributed by atoms with E-state index >= 15 is 0 Å². The standard InChI is InChI=1S/C17H27BrN2/c1-4-9-19-12-14-7-8-15(18)11-17(14)20-10-5-6-16(20)13(2)3/h7-8,11,13,16,19H,4-6,9-10,12H2,1-3H3.